The van der Waals surface area contributed by atoms with Crippen molar-refractivity contribution in [1.82, 2.24) is 29.4 Å². The highest BCUT2D eigenvalue weighted by atomic mass is 31.3. The Bertz CT molecular complexity index is 3460. The van der Waals surface area contributed by atoms with Crippen molar-refractivity contribution in [3.63, 3.8) is 0 Å². The van der Waals surface area contributed by atoms with E-state index in [1.807, 2.05) is 18.2 Å². The van der Waals surface area contributed by atoms with Crippen LogP contribution in [0.1, 0.15) is 102 Å². The molecule has 7 N–H and O–H groups in total. The predicted octanol–water partition coefficient (Wildman–Crippen LogP) is 3.10. The number of carboxylic acids is 1. The van der Waals surface area contributed by atoms with Gasteiger partial charge in [0.25, 0.3) is 5.91 Å². The van der Waals surface area contributed by atoms with Crippen molar-refractivity contribution in [2.75, 3.05) is 56.6 Å². The van der Waals surface area contributed by atoms with Crippen LogP contribution >= 0.6 is 23.5 Å². The molecule has 5 atom stereocenters. The fourth-order valence-electron chi connectivity index (χ4n) is 10.1. The zero-order valence-corrected chi connectivity index (χ0v) is 44.6. The Morgan fingerprint density at radius 1 is 0.935 bits per heavy atom. The Balaban J connectivity index is 0.842. The number of carboxylic acid groups (broad SMARTS) is 1. The van der Waals surface area contributed by atoms with Gasteiger partial charge in [0.2, 0.25) is 11.1 Å². The van der Waals surface area contributed by atoms with E-state index in [-0.39, 0.29) is 47.6 Å². The summed E-state index contributed by atoms with van der Waals surface area (Å²) in [6, 6.07) is 12.3. The third-order valence-corrected chi connectivity index (χ3v) is 17.4. The number of anilines is 2. The number of aromatic carboxylic acids is 1. The van der Waals surface area contributed by atoms with Gasteiger partial charge in [-0.05, 0) is 81.7 Å². The topological polar surface area (TPSA) is 350 Å². The molecule has 0 aliphatic carbocycles. The summed E-state index contributed by atoms with van der Waals surface area (Å²) in [7, 11) is -16.9. The van der Waals surface area contributed by atoms with E-state index in [9.17, 15) is 43.0 Å². The number of benzene rings is 3. The van der Waals surface area contributed by atoms with E-state index in [0.29, 0.717) is 52.8 Å². The minimum absolute atomic E-state index is 0.00468. The lowest BCUT2D eigenvalue weighted by atomic mass is 9.85. The highest BCUT2D eigenvalue weighted by molar-refractivity contribution is 7.66. The summed E-state index contributed by atoms with van der Waals surface area (Å²) in [6.07, 6.45) is 8.62. The number of hydrogen-bond donors (Lipinski definition) is 6. The van der Waals surface area contributed by atoms with E-state index in [1.54, 1.807) is 6.08 Å². The van der Waals surface area contributed by atoms with Crippen LogP contribution in [0.4, 0.5) is 11.5 Å². The SMILES string of the molecule is CCN1CCCc2cc3c(cc21)Oc1cc2c(cc1=C3c1cc(C(=O)C(=O)NCCCC/C=C/CO[C@H]3C[C@H](n4cnc5c(N)ncnc54)O[C@@H]3COP(=O)(O)OP(=O)(O)OP(=O)(O)O)ccc1C(=O)[O-])CCC[N+]=2CC. The van der Waals surface area contributed by atoms with Crippen molar-refractivity contribution in [3.8, 4) is 11.5 Å². The number of aryl methyl sites for hydroxylation is 2. The number of nitrogen functional groups attached to an aromatic ring is 1. The molecule has 0 bridgehead atoms. The van der Waals surface area contributed by atoms with Crippen LogP contribution in [-0.2, 0) is 54.0 Å². The normalized spacial score (nSPS) is 19.7. The number of allylic oxidation sites excluding steroid dienone is 1. The van der Waals surface area contributed by atoms with Crippen LogP contribution in [-0.4, -0.2) is 115 Å². The van der Waals surface area contributed by atoms with Crippen LogP contribution in [0.25, 0.3) is 16.7 Å². The lowest BCUT2D eigenvalue weighted by Gasteiger charge is -2.33. The number of phosphoric ester groups is 1. The molecule has 4 aliphatic heterocycles. The maximum atomic E-state index is 13.8. The summed E-state index contributed by atoms with van der Waals surface area (Å²) in [5.74, 6) is -1.90. The second-order valence-electron chi connectivity index (χ2n) is 18.6. The van der Waals surface area contributed by atoms with Crippen molar-refractivity contribution in [1.29, 1.82) is 0 Å². The van der Waals surface area contributed by atoms with Crippen molar-refractivity contribution in [2.24, 2.45) is 0 Å². The monoisotopic (exact) mass is 1120 g/mol. The number of amides is 1. The van der Waals surface area contributed by atoms with Gasteiger partial charge in [-0.3, -0.25) is 18.7 Å². The molecular weight excluding hydrogens is 1070 g/mol. The molecule has 25 nitrogen and oxygen atoms in total. The molecule has 2 unspecified atom stereocenters. The zero-order valence-electron chi connectivity index (χ0n) is 41.9. The van der Waals surface area contributed by atoms with E-state index in [1.165, 1.54) is 35.4 Å². The number of hydrogen-bond acceptors (Lipinski definition) is 18. The molecule has 9 rings (SSSR count). The summed E-state index contributed by atoms with van der Waals surface area (Å²) in [4.78, 5) is 92.2. The Morgan fingerprint density at radius 3 is 2.51 bits per heavy atom. The summed E-state index contributed by atoms with van der Waals surface area (Å²) in [6.45, 7) is 7.02. The maximum Gasteiger partial charge on any atom is 0.490 e. The first-order valence-corrected chi connectivity index (χ1v) is 29.5. The number of ketones is 1. The summed E-state index contributed by atoms with van der Waals surface area (Å²) in [5.41, 5.74) is 11.2. The number of imidazole rings is 1. The molecule has 0 saturated carbocycles. The molecule has 5 aromatic rings. The molecule has 410 valence electrons. The summed E-state index contributed by atoms with van der Waals surface area (Å²) in [5, 5.41) is 17.3. The number of nitrogens with one attached hydrogen (secondary N) is 1. The number of unbranched alkanes of at least 4 members (excludes halogenated alkanes) is 2. The van der Waals surface area contributed by atoms with Gasteiger partial charge < -0.3 is 59.6 Å². The molecule has 28 heteroatoms. The number of Topliss-reactive ketones (excluding diaryl/α,β-unsaturated/α-hetero) is 1. The molecule has 4 aliphatic rings. The molecule has 1 saturated heterocycles. The maximum absolute atomic E-state index is 13.8. The molecular formula is C49H57N8O17P3. The Kier molecular flexibility index (Phi) is 16.7. The number of aromatic nitrogens is 4. The van der Waals surface area contributed by atoms with Gasteiger partial charge in [0.15, 0.2) is 11.5 Å². The van der Waals surface area contributed by atoms with Crippen LogP contribution in [0.3, 0.4) is 0 Å². The van der Waals surface area contributed by atoms with Crippen molar-refractivity contribution >= 4 is 69.4 Å². The average Bonchev–Trinajstić information content (AvgIpc) is 4.02. The van der Waals surface area contributed by atoms with Crippen molar-refractivity contribution in [3.05, 3.63) is 111 Å². The van der Waals surface area contributed by atoms with Gasteiger partial charge in [-0.1, -0.05) is 24.3 Å². The van der Waals surface area contributed by atoms with E-state index in [4.69, 9.17) is 34.3 Å². The lowest BCUT2D eigenvalue weighted by Crippen LogP contribution is -2.39. The number of fused-ring (bicyclic) bond motifs is 5. The Hall–Kier alpha value is -6.04. The first kappa shape index (κ1) is 55.7. The number of nitrogens with zero attached hydrogens (tertiary/aromatic N) is 6. The van der Waals surface area contributed by atoms with Gasteiger partial charge in [-0.2, -0.15) is 8.62 Å². The van der Waals surface area contributed by atoms with Gasteiger partial charge in [0, 0.05) is 77.3 Å². The summed E-state index contributed by atoms with van der Waals surface area (Å²) < 4.78 is 70.6. The minimum Gasteiger partial charge on any atom is -0.545 e. The number of ether oxygens (including phenoxy) is 3. The van der Waals surface area contributed by atoms with Crippen molar-refractivity contribution in [2.45, 2.75) is 83.6 Å². The largest absolute Gasteiger partial charge is 0.545 e. The van der Waals surface area contributed by atoms with E-state index >= 15 is 0 Å². The van der Waals surface area contributed by atoms with Gasteiger partial charge >= 0.3 is 23.5 Å². The van der Waals surface area contributed by atoms with Gasteiger partial charge in [-0.15, -0.1) is 0 Å². The second kappa shape index (κ2) is 23.1. The van der Waals surface area contributed by atoms with Crippen LogP contribution in [0.2, 0.25) is 0 Å². The number of carbonyl (C=O) groups excluding carboxylic acids is 3. The highest BCUT2D eigenvalue weighted by Crippen LogP contribution is 2.66. The lowest BCUT2D eigenvalue weighted by molar-refractivity contribution is -0.255. The summed E-state index contributed by atoms with van der Waals surface area (Å²) >= 11 is 0. The molecule has 6 heterocycles. The standard InChI is InChI=1S/C49H57N8O17P3/c1-3-55-17-10-12-29-20-34-38(23-36(29)55)71-39-24-37-30(13-11-18-56(37)4-2)21-35(39)43(34)33-22-31(14-15-32(33)49(60)61)45(58)48(59)51-16-8-6-5-7-9-19-69-40-25-42(57-28-54-44-46(50)52-27-53-47(44)57)72-41(40)26-70-76(65,66)74-77(67,68)73-75(62,63)64/h7,9,14-15,20-24,27-28,40-42H,3-6,8,10-13,16-19,25-26H2,1-2H3,(H7-,50,51,52,53,59,60,61,62,63,64,65,66,67,68)/b9-7+/t40-,41+,42+/m0/s1. The predicted molar refractivity (Wildman–Crippen MR) is 274 cm³/mol. The molecule has 2 aromatic heterocycles. The third kappa shape index (κ3) is 12.6. The van der Waals surface area contributed by atoms with Crippen LogP contribution < -0.4 is 40.9 Å². The van der Waals surface area contributed by atoms with E-state index in [0.717, 1.165) is 74.0 Å². The van der Waals surface area contributed by atoms with Crippen LogP contribution in [0, 0.1) is 0 Å². The average molecular weight is 1120 g/mol. The minimum atomic E-state index is -5.77. The number of carbonyl (C=O) groups is 3. The first-order valence-electron chi connectivity index (χ1n) is 24.9. The van der Waals surface area contributed by atoms with Gasteiger partial charge in [-0.25, -0.2) is 33.2 Å². The second-order valence-corrected chi connectivity index (χ2v) is 23.0. The number of rotatable bonds is 22. The van der Waals surface area contributed by atoms with E-state index < -0.39 is 66.2 Å². The van der Waals surface area contributed by atoms with E-state index in [2.05, 4.69) is 64.3 Å². The number of nitrogens with two attached hydrogens (primary N) is 1. The molecule has 0 spiro atoms. The van der Waals surface area contributed by atoms with Crippen LogP contribution in [0.15, 0.2) is 67.3 Å². The molecule has 0 radical (unpaired) electrons. The molecule has 3 aromatic carbocycles. The Morgan fingerprint density at radius 2 is 1.74 bits per heavy atom. The fraction of sp³-hybridized carbons (Fsp3) is 0.408. The fourth-order valence-corrected chi connectivity index (χ4v) is 13.2. The third-order valence-electron chi connectivity index (χ3n) is 13.6. The first-order chi connectivity index (χ1) is 36.7. The van der Waals surface area contributed by atoms with Gasteiger partial charge in [0.05, 0.1) is 37.7 Å². The smallest absolute Gasteiger partial charge is 0.490 e. The highest BCUT2D eigenvalue weighted by Gasteiger charge is 2.44. The Labute approximate surface area is 440 Å². The zero-order chi connectivity index (χ0) is 54.8. The van der Waals surface area contributed by atoms with Gasteiger partial charge in [0.1, 0.15) is 48.8 Å². The molecule has 77 heavy (non-hydrogen) atoms. The molecule has 1 fully saturated rings. The van der Waals surface area contributed by atoms with Crippen molar-refractivity contribution < 1.29 is 80.1 Å². The van der Waals surface area contributed by atoms with Crippen LogP contribution in [0.5, 0.6) is 11.5 Å². The quantitative estimate of drug-likeness (QED) is 0.0142. The number of phosphoric acid groups is 3. The molecule has 1 amide bonds.